The van der Waals surface area contributed by atoms with Crippen molar-refractivity contribution in [3.63, 3.8) is 0 Å². The number of fused-ring (bicyclic) bond motifs is 2. The lowest BCUT2D eigenvalue weighted by Gasteiger charge is -2.56. The third kappa shape index (κ3) is 7.27. The topological polar surface area (TPSA) is 139 Å². The first-order valence-corrected chi connectivity index (χ1v) is 17.0. The van der Waals surface area contributed by atoms with Crippen molar-refractivity contribution in [2.75, 3.05) is 7.11 Å². The van der Waals surface area contributed by atoms with Gasteiger partial charge in [0.25, 0.3) is 0 Å². The summed E-state index contributed by atoms with van der Waals surface area (Å²) in [6.07, 6.45) is 9.80. The minimum absolute atomic E-state index is 0.0128. The van der Waals surface area contributed by atoms with Gasteiger partial charge in [0.2, 0.25) is 0 Å². The maximum Gasteiger partial charge on any atom is 0.165 e. The summed E-state index contributed by atoms with van der Waals surface area (Å²) in [5.74, 6) is 2.66. The van der Waals surface area contributed by atoms with Crippen LogP contribution in [-0.2, 0) is 40.2 Å². The number of aliphatic hydroxyl groups is 2. The maximum atomic E-state index is 10.9. The average Bonchev–Trinajstić information content (AvgIpc) is 3.69. The van der Waals surface area contributed by atoms with Crippen LogP contribution in [0.25, 0.3) is 12.2 Å². The standard InChI is InChI=1S/C38H48N6O6/c1-23(2)9-12-29-31(48-21-27-19-43(6)41-39-27)14-25(15-32(29)49-22-28-20-44(7)42-40-28)11-10-24-13-26-17-34-37(3,4)36(46)30(45)18-38(34,5)50-35(26)33(16-24)47-8/h9-11,13-16,19-20,30,34,36,45-46H,12,17-18,21-22H2,1-8H3/b11-10+/t30-,34-,36-,38-/m1/s1. The Balaban J connectivity index is 1.36. The first-order valence-electron chi connectivity index (χ1n) is 17.0. The highest BCUT2D eigenvalue weighted by Gasteiger charge is 2.58. The van der Waals surface area contributed by atoms with Gasteiger partial charge < -0.3 is 29.2 Å². The molecule has 12 heteroatoms. The smallest absolute Gasteiger partial charge is 0.165 e. The maximum absolute atomic E-state index is 10.9. The van der Waals surface area contributed by atoms with Crippen molar-refractivity contribution < 1.29 is 29.2 Å². The minimum Gasteiger partial charge on any atom is -0.493 e. The summed E-state index contributed by atoms with van der Waals surface area (Å²) in [6.45, 7) is 10.7. The van der Waals surface area contributed by atoms with Crippen molar-refractivity contribution in [1.29, 1.82) is 0 Å². The molecule has 12 nitrogen and oxygen atoms in total. The number of hydrogen-bond acceptors (Lipinski definition) is 10. The van der Waals surface area contributed by atoms with E-state index in [0.29, 0.717) is 53.6 Å². The Morgan fingerprint density at radius 2 is 1.46 bits per heavy atom. The lowest BCUT2D eigenvalue weighted by Crippen LogP contribution is -2.63. The van der Waals surface area contributed by atoms with Crippen LogP contribution in [0.2, 0.25) is 0 Å². The van der Waals surface area contributed by atoms with Crippen LogP contribution < -0.4 is 18.9 Å². The van der Waals surface area contributed by atoms with Gasteiger partial charge in [-0.05, 0) is 74.6 Å². The molecule has 3 heterocycles. The molecule has 4 aromatic rings. The molecule has 2 aliphatic rings. The summed E-state index contributed by atoms with van der Waals surface area (Å²) in [7, 11) is 5.28. The molecule has 1 fully saturated rings. The lowest BCUT2D eigenvalue weighted by atomic mass is 9.57. The Hall–Kier alpha value is -4.68. The molecule has 2 N–H and O–H groups in total. The quantitative estimate of drug-likeness (QED) is 0.159. The van der Waals surface area contributed by atoms with Crippen LogP contribution in [0.1, 0.15) is 74.7 Å². The molecule has 1 aliphatic heterocycles. The zero-order valence-electron chi connectivity index (χ0n) is 30.2. The number of hydrogen-bond donors (Lipinski definition) is 2. The highest BCUT2D eigenvalue weighted by atomic mass is 16.5. The molecule has 0 saturated heterocycles. The van der Waals surface area contributed by atoms with E-state index >= 15 is 0 Å². The minimum atomic E-state index is -0.863. The molecule has 2 aromatic carbocycles. The predicted octanol–water partition coefficient (Wildman–Crippen LogP) is 5.25. The van der Waals surface area contributed by atoms with Crippen LogP contribution in [0, 0.1) is 11.3 Å². The van der Waals surface area contributed by atoms with Crippen LogP contribution in [0.3, 0.4) is 0 Å². The molecular weight excluding hydrogens is 636 g/mol. The number of nitrogens with zero attached hydrogens (tertiary/aromatic N) is 6. The van der Waals surface area contributed by atoms with Crippen LogP contribution in [0.15, 0.2) is 48.3 Å². The Bertz CT molecular complexity index is 1840. The van der Waals surface area contributed by atoms with Crippen molar-refractivity contribution in [2.24, 2.45) is 25.4 Å². The molecular formula is C38H48N6O6. The van der Waals surface area contributed by atoms with Crippen molar-refractivity contribution in [2.45, 2.75) is 84.9 Å². The van der Waals surface area contributed by atoms with E-state index in [2.05, 4.69) is 46.6 Å². The largest absolute Gasteiger partial charge is 0.493 e. The first-order chi connectivity index (χ1) is 23.8. The van der Waals surface area contributed by atoms with Gasteiger partial charge in [-0.2, -0.15) is 0 Å². The first kappa shape index (κ1) is 35.2. The zero-order chi connectivity index (χ0) is 35.8. The molecule has 1 aliphatic carbocycles. The van der Waals surface area contributed by atoms with Gasteiger partial charge in [-0.15, -0.1) is 10.2 Å². The average molecular weight is 685 g/mol. The number of aromatic nitrogens is 6. The highest BCUT2D eigenvalue weighted by molar-refractivity contribution is 5.74. The Morgan fingerprint density at radius 1 is 0.900 bits per heavy atom. The normalized spacial score (nSPS) is 22.4. The van der Waals surface area contributed by atoms with E-state index in [0.717, 1.165) is 22.3 Å². The number of benzene rings is 2. The summed E-state index contributed by atoms with van der Waals surface area (Å²) < 4.78 is 28.6. The van der Waals surface area contributed by atoms with Gasteiger partial charge in [0.1, 0.15) is 41.7 Å². The number of methoxy groups -OCH3 is 1. The van der Waals surface area contributed by atoms with Gasteiger partial charge in [0.05, 0.1) is 31.7 Å². The van der Waals surface area contributed by atoms with Gasteiger partial charge in [-0.25, -0.2) is 0 Å². The Morgan fingerprint density at radius 3 is 1.98 bits per heavy atom. The molecule has 0 unspecified atom stereocenters. The summed E-state index contributed by atoms with van der Waals surface area (Å²) in [5.41, 5.74) is 5.13. The molecule has 0 amide bonds. The van der Waals surface area contributed by atoms with Crippen LogP contribution in [0.5, 0.6) is 23.0 Å². The number of allylic oxidation sites excluding steroid dienone is 2. The van der Waals surface area contributed by atoms with E-state index in [4.69, 9.17) is 18.9 Å². The van der Waals surface area contributed by atoms with E-state index < -0.39 is 23.2 Å². The van der Waals surface area contributed by atoms with Gasteiger partial charge >= 0.3 is 0 Å². The van der Waals surface area contributed by atoms with Crippen LogP contribution in [-0.4, -0.2) is 65.1 Å². The third-order valence-electron chi connectivity index (χ3n) is 9.93. The van der Waals surface area contributed by atoms with E-state index in [9.17, 15) is 10.2 Å². The van der Waals surface area contributed by atoms with Gasteiger partial charge in [0, 0.05) is 37.4 Å². The molecule has 1 saturated carbocycles. The van der Waals surface area contributed by atoms with Gasteiger partial charge in [0.15, 0.2) is 11.5 Å². The molecule has 0 bridgehead atoms. The summed E-state index contributed by atoms with van der Waals surface area (Å²) in [5, 5.41) is 38.1. The summed E-state index contributed by atoms with van der Waals surface area (Å²) in [4.78, 5) is 0. The van der Waals surface area contributed by atoms with Gasteiger partial charge in [-0.3, -0.25) is 9.36 Å². The number of ether oxygens (including phenoxy) is 4. The Labute approximate surface area is 293 Å². The number of aliphatic hydroxyl groups excluding tert-OH is 2. The SMILES string of the molecule is COc1cc(/C=C/c2cc(OCc3cn(C)nn3)c(CC=C(C)C)c(OCc3cn(C)nn3)c2)cc2c1O[C@]1(C)C[C@@H](O)[C@@H](O)C(C)(C)[C@H]1C2. The van der Waals surface area contributed by atoms with Crippen molar-refractivity contribution >= 4 is 12.2 Å². The van der Waals surface area contributed by atoms with E-state index in [1.54, 1.807) is 16.5 Å². The highest BCUT2D eigenvalue weighted by Crippen LogP contribution is 2.55. The fraction of sp³-hybridized carbons (Fsp3) is 0.474. The van der Waals surface area contributed by atoms with Crippen molar-refractivity contribution in [1.82, 2.24) is 30.0 Å². The summed E-state index contributed by atoms with van der Waals surface area (Å²) >= 11 is 0. The molecule has 50 heavy (non-hydrogen) atoms. The Kier molecular flexibility index (Phi) is 9.78. The number of aryl methyl sites for hydroxylation is 2. The molecule has 266 valence electrons. The van der Waals surface area contributed by atoms with Crippen molar-refractivity contribution in [3.8, 4) is 23.0 Å². The summed E-state index contributed by atoms with van der Waals surface area (Å²) in [6, 6.07) is 8.09. The van der Waals surface area contributed by atoms with Crippen LogP contribution >= 0.6 is 0 Å². The molecule has 4 atom stereocenters. The molecule has 0 spiro atoms. The molecule has 0 radical (unpaired) electrons. The monoisotopic (exact) mass is 684 g/mol. The second-order valence-corrected chi connectivity index (χ2v) is 14.6. The second kappa shape index (κ2) is 13.9. The van der Waals surface area contributed by atoms with E-state index in [1.807, 2.05) is 77.6 Å². The molecule has 2 aromatic heterocycles. The van der Waals surface area contributed by atoms with Crippen LogP contribution in [0.4, 0.5) is 0 Å². The van der Waals surface area contributed by atoms with E-state index in [-0.39, 0.29) is 19.1 Å². The zero-order valence-corrected chi connectivity index (χ0v) is 30.2. The second-order valence-electron chi connectivity index (χ2n) is 14.6. The number of rotatable bonds is 11. The lowest BCUT2D eigenvalue weighted by molar-refractivity contribution is -0.187. The predicted molar refractivity (Wildman–Crippen MR) is 189 cm³/mol. The van der Waals surface area contributed by atoms with Crippen molar-refractivity contribution in [3.05, 3.63) is 81.9 Å². The fourth-order valence-electron chi connectivity index (χ4n) is 7.32. The van der Waals surface area contributed by atoms with E-state index in [1.165, 1.54) is 5.57 Å². The van der Waals surface area contributed by atoms with Gasteiger partial charge in [-0.1, -0.05) is 48.1 Å². The molecule has 6 rings (SSSR count). The fourth-order valence-corrected chi connectivity index (χ4v) is 7.32. The third-order valence-corrected chi connectivity index (χ3v) is 9.93.